The molecule has 0 saturated heterocycles. The van der Waals surface area contributed by atoms with E-state index in [2.05, 4.69) is 29.1 Å². The molecule has 6 nitrogen and oxygen atoms in total. The van der Waals surface area contributed by atoms with Crippen molar-refractivity contribution in [2.75, 3.05) is 0 Å². The standard InChI is InChI=1S/C21H21N3O3S2/c1-11-13(3)28-19-17(11)20(23-10-22-19)29-16-7-5-4-6-15(16)21(26)27-12(2)18(25)24-14-8-9-14/h4-7,10,12,14H,8-9H2,1-3H3,(H,24,25). The van der Waals surface area contributed by atoms with Gasteiger partial charge >= 0.3 is 5.97 Å². The van der Waals surface area contributed by atoms with Gasteiger partial charge in [0, 0.05) is 21.2 Å². The van der Waals surface area contributed by atoms with Gasteiger partial charge in [0.2, 0.25) is 0 Å². The lowest BCUT2D eigenvalue weighted by Crippen LogP contribution is -2.37. The van der Waals surface area contributed by atoms with E-state index in [-0.39, 0.29) is 11.9 Å². The number of aryl methyl sites for hydroxylation is 2. The van der Waals surface area contributed by atoms with Crippen LogP contribution in [0.2, 0.25) is 0 Å². The largest absolute Gasteiger partial charge is 0.449 e. The minimum absolute atomic E-state index is 0.226. The molecule has 8 heteroatoms. The fraction of sp³-hybridized carbons (Fsp3) is 0.333. The minimum atomic E-state index is -0.839. The summed E-state index contributed by atoms with van der Waals surface area (Å²) in [6, 6.07) is 7.44. The van der Waals surface area contributed by atoms with Gasteiger partial charge in [0.1, 0.15) is 16.2 Å². The highest BCUT2D eigenvalue weighted by atomic mass is 32.2. The molecule has 2 aromatic heterocycles. The average molecular weight is 428 g/mol. The monoisotopic (exact) mass is 427 g/mol. The first-order valence-corrected chi connectivity index (χ1v) is 11.1. The first kappa shape index (κ1) is 19.8. The molecule has 2 heterocycles. The molecule has 0 radical (unpaired) electrons. The summed E-state index contributed by atoms with van der Waals surface area (Å²) in [7, 11) is 0. The summed E-state index contributed by atoms with van der Waals surface area (Å²) in [5.41, 5.74) is 1.57. The van der Waals surface area contributed by atoms with Gasteiger partial charge in [0.25, 0.3) is 5.91 Å². The van der Waals surface area contributed by atoms with Crippen molar-refractivity contribution < 1.29 is 14.3 Å². The van der Waals surface area contributed by atoms with Gasteiger partial charge in [-0.3, -0.25) is 4.79 Å². The SMILES string of the molecule is Cc1sc2ncnc(Sc3ccccc3C(=O)OC(C)C(=O)NC3CC3)c2c1C. The molecule has 1 aromatic carbocycles. The molecular formula is C21H21N3O3S2. The molecule has 150 valence electrons. The van der Waals surface area contributed by atoms with E-state index in [1.54, 1.807) is 36.7 Å². The molecule has 29 heavy (non-hydrogen) atoms. The molecule has 1 aliphatic carbocycles. The van der Waals surface area contributed by atoms with Gasteiger partial charge in [-0.15, -0.1) is 11.3 Å². The normalized spacial score (nSPS) is 14.6. The molecule has 4 rings (SSSR count). The third-order valence-electron chi connectivity index (χ3n) is 4.82. The fourth-order valence-electron chi connectivity index (χ4n) is 2.88. The highest BCUT2D eigenvalue weighted by Crippen LogP contribution is 2.38. The third kappa shape index (κ3) is 4.28. The number of ether oxygens (including phenoxy) is 1. The molecule has 1 saturated carbocycles. The highest BCUT2D eigenvalue weighted by Gasteiger charge is 2.28. The summed E-state index contributed by atoms with van der Waals surface area (Å²) >= 11 is 3.04. The van der Waals surface area contributed by atoms with E-state index in [4.69, 9.17) is 4.74 Å². The summed E-state index contributed by atoms with van der Waals surface area (Å²) in [4.78, 5) is 36.6. The van der Waals surface area contributed by atoms with Crippen LogP contribution >= 0.6 is 23.1 Å². The number of hydrogen-bond acceptors (Lipinski definition) is 7. The van der Waals surface area contributed by atoms with Crippen LogP contribution in [0.25, 0.3) is 10.2 Å². The number of benzene rings is 1. The van der Waals surface area contributed by atoms with Crippen LogP contribution < -0.4 is 5.32 Å². The first-order valence-electron chi connectivity index (χ1n) is 9.43. The van der Waals surface area contributed by atoms with E-state index in [0.29, 0.717) is 5.56 Å². The molecule has 1 unspecified atom stereocenters. The maximum absolute atomic E-state index is 12.8. The smallest absolute Gasteiger partial charge is 0.340 e. The van der Waals surface area contributed by atoms with Crippen LogP contribution in [-0.2, 0) is 9.53 Å². The number of esters is 1. The molecule has 1 N–H and O–H groups in total. The molecule has 1 aliphatic rings. The lowest BCUT2D eigenvalue weighted by atomic mass is 10.2. The van der Waals surface area contributed by atoms with E-state index in [0.717, 1.165) is 38.5 Å². The van der Waals surface area contributed by atoms with Crippen LogP contribution in [0.3, 0.4) is 0 Å². The van der Waals surface area contributed by atoms with Crippen molar-refractivity contribution in [3.05, 3.63) is 46.6 Å². The van der Waals surface area contributed by atoms with E-state index >= 15 is 0 Å². The van der Waals surface area contributed by atoms with Crippen molar-refractivity contribution in [1.29, 1.82) is 0 Å². The number of hydrogen-bond donors (Lipinski definition) is 1. The van der Waals surface area contributed by atoms with Crippen molar-refractivity contribution in [3.8, 4) is 0 Å². The number of thiophene rings is 1. The Kier molecular flexibility index (Phi) is 5.56. The topological polar surface area (TPSA) is 81.2 Å². The third-order valence-corrected chi connectivity index (χ3v) is 7.01. The summed E-state index contributed by atoms with van der Waals surface area (Å²) in [6.45, 7) is 5.72. The molecule has 0 aliphatic heterocycles. The van der Waals surface area contributed by atoms with Crippen LogP contribution in [0.1, 0.15) is 40.6 Å². The summed E-state index contributed by atoms with van der Waals surface area (Å²) in [5, 5.41) is 4.67. The second-order valence-electron chi connectivity index (χ2n) is 7.07. The molecule has 1 amide bonds. The van der Waals surface area contributed by atoms with E-state index in [9.17, 15) is 9.59 Å². The van der Waals surface area contributed by atoms with Gasteiger partial charge in [-0.25, -0.2) is 14.8 Å². The average Bonchev–Trinajstić information content (AvgIpc) is 3.46. The van der Waals surface area contributed by atoms with Crippen molar-refractivity contribution in [2.45, 2.75) is 55.7 Å². The number of rotatable bonds is 6. The van der Waals surface area contributed by atoms with Crippen LogP contribution in [-0.4, -0.2) is 34.0 Å². The number of fused-ring (bicyclic) bond motifs is 1. The lowest BCUT2D eigenvalue weighted by molar-refractivity contribution is -0.129. The Morgan fingerprint density at radius 2 is 2.00 bits per heavy atom. The zero-order valence-electron chi connectivity index (χ0n) is 16.4. The summed E-state index contributed by atoms with van der Waals surface area (Å²) in [6.07, 6.45) is 2.68. The van der Waals surface area contributed by atoms with Gasteiger partial charge in [-0.2, -0.15) is 0 Å². The fourth-order valence-corrected chi connectivity index (χ4v) is 5.01. The quantitative estimate of drug-likeness (QED) is 0.467. The summed E-state index contributed by atoms with van der Waals surface area (Å²) < 4.78 is 5.43. The van der Waals surface area contributed by atoms with Crippen LogP contribution in [0.4, 0.5) is 0 Å². The number of nitrogens with zero attached hydrogens (tertiary/aromatic N) is 2. The van der Waals surface area contributed by atoms with E-state index < -0.39 is 12.1 Å². The number of amides is 1. The lowest BCUT2D eigenvalue weighted by Gasteiger charge is -2.14. The van der Waals surface area contributed by atoms with Crippen LogP contribution in [0, 0.1) is 13.8 Å². The van der Waals surface area contributed by atoms with Gasteiger partial charge in [-0.1, -0.05) is 23.9 Å². The Morgan fingerprint density at radius 1 is 1.24 bits per heavy atom. The maximum atomic E-state index is 12.8. The van der Waals surface area contributed by atoms with E-state index in [1.807, 2.05) is 12.1 Å². The molecule has 3 aromatic rings. The van der Waals surface area contributed by atoms with E-state index in [1.165, 1.54) is 16.6 Å². The molecule has 0 bridgehead atoms. The number of carbonyl (C=O) groups excluding carboxylic acids is 2. The van der Waals surface area contributed by atoms with Gasteiger partial charge in [0.15, 0.2) is 6.10 Å². The second kappa shape index (κ2) is 8.12. The summed E-state index contributed by atoms with van der Waals surface area (Å²) in [5.74, 6) is -0.775. The van der Waals surface area contributed by atoms with Gasteiger partial charge in [-0.05, 0) is 51.3 Å². The first-order chi connectivity index (χ1) is 13.9. The van der Waals surface area contributed by atoms with Crippen molar-refractivity contribution in [3.63, 3.8) is 0 Å². The predicted molar refractivity (Wildman–Crippen MR) is 113 cm³/mol. The van der Waals surface area contributed by atoms with Gasteiger partial charge < -0.3 is 10.1 Å². The Bertz CT molecular complexity index is 1090. The van der Waals surface area contributed by atoms with Crippen LogP contribution in [0.5, 0.6) is 0 Å². The molecule has 0 spiro atoms. The minimum Gasteiger partial charge on any atom is -0.449 e. The Hall–Kier alpha value is -2.45. The Balaban J connectivity index is 1.57. The zero-order chi connectivity index (χ0) is 20.5. The van der Waals surface area contributed by atoms with Gasteiger partial charge in [0.05, 0.1) is 5.56 Å². The zero-order valence-corrected chi connectivity index (χ0v) is 18.0. The Labute approximate surface area is 177 Å². The molecular weight excluding hydrogens is 406 g/mol. The highest BCUT2D eigenvalue weighted by molar-refractivity contribution is 7.99. The molecule has 1 fully saturated rings. The number of nitrogens with one attached hydrogen (secondary N) is 1. The van der Waals surface area contributed by atoms with Crippen molar-refractivity contribution in [2.24, 2.45) is 0 Å². The van der Waals surface area contributed by atoms with Crippen molar-refractivity contribution in [1.82, 2.24) is 15.3 Å². The molecule has 1 atom stereocenters. The second-order valence-corrected chi connectivity index (χ2v) is 9.30. The maximum Gasteiger partial charge on any atom is 0.340 e. The number of carbonyl (C=O) groups is 2. The predicted octanol–water partition coefficient (Wildman–Crippen LogP) is 4.28. The Morgan fingerprint density at radius 3 is 2.76 bits per heavy atom. The number of aromatic nitrogens is 2. The van der Waals surface area contributed by atoms with Crippen LogP contribution in [0.15, 0.2) is 40.5 Å². The van der Waals surface area contributed by atoms with Crippen molar-refractivity contribution >= 4 is 45.2 Å².